The van der Waals surface area contributed by atoms with Gasteiger partial charge in [-0.15, -0.1) is 11.3 Å². The van der Waals surface area contributed by atoms with Gasteiger partial charge in [-0.25, -0.2) is 9.69 Å². The summed E-state index contributed by atoms with van der Waals surface area (Å²) in [6.45, 7) is 5.85. The predicted octanol–water partition coefficient (Wildman–Crippen LogP) is 7.02. The average Bonchev–Trinajstić information content (AvgIpc) is 3.47. The Morgan fingerprint density at radius 3 is 2.49 bits per heavy atom. The number of urea groups is 1. The molecule has 1 fully saturated rings. The van der Waals surface area contributed by atoms with Gasteiger partial charge >= 0.3 is 6.03 Å². The minimum atomic E-state index is -0.802. The van der Waals surface area contributed by atoms with E-state index in [9.17, 15) is 19.2 Å². The van der Waals surface area contributed by atoms with E-state index in [0.29, 0.717) is 21.3 Å². The number of halogens is 1. The molecule has 43 heavy (non-hydrogen) atoms. The van der Waals surface area contributed by atoms with E-state index < -0.39 is 17.8 Å². The molecule has 0 unspecified atom stereocenters. The first-order valence-corrected chi connectivity index (χ1v) is 15.6. The van der Waals surface area contributed by atoms with Crippen molar-refractivity contribution in [2.75, 3.05) is 10.2 Å². The highest BCUT2D eigenvalue weighted by Crippen LogP contribution is 2.39. The number of thiophene rings is 1. The molecule has 2 N–H and O–H groups in total. The molecule has 218 valence electrons. The van der Waals surface area contributed by atoms with E-state index in [0.717, 1.165) is 63.8 Å². The highest BCUT2D eigenvalue weighted by atomic mass is 79.9. The molecule has 8 nitrogen and oxygen atoms in total. The van der Waals surface area contributed by atoms with Crippen LogP contribution in [0.4, 0.5) is 16.2 Å². The number of benzene rings is 2. The summed E-state index contributed by atoms with van der Waals surface area (Å²) < 4.78 is 2.72. The molecule has 2 aromatic heterocycles. The van der Waals surface area contributed by atoms with Crippen LogP contribution in [0.15, 0.2) is 64.6 Å². The predicted molar refractivity (Wildman–Crippen MR) is 172 cm³/mol. The smallest absolute Gasteiger partial charge is 0.322 e. The van der Waals surface area contributed by atoms with Gasteiger partial charge in [0.05, 0.1) is 11.3 Å². The van der Waals surface area contributed by atoms with E-state index in [4.69, 9.17) is 0 Å². The van der Waals surface area contributed by atoms with Crippen molar-refractivity contribution in [2.45, 2.75) is 46.5 Å². The van der Waals surface area contributed by atoms with Crippen molar-refractivity contribution in [1.82, 2.24) is 9.88 Å². The monoisotopic (exact) mass is 656 g/mol. The number of barbiturate groups is 1. The van der Waals surface area contributed by atoms with Gasteiger partial charge in [0.1, 0.15) is 10.6 Å². The molecule has 6 rings (SSSR count). The maximum absolute atomic E-state index is 13.8. The van der Waals surface area contributed by atoms with Crippen molar-refractivity contribution in [2.24, 2.45) is 0 Å². The quantitative estimate of drug-likeness (QED) is 0.178. The first-order chi connectivity index (χ1) is 20.6. The molecular formula is C33H29BrN4O4S. The lowest BCUT2D eigenvalue weighted by Gasteiger charge is -2.26. The fourth-order valence-corrected chi connectivity index (χ4v) is 7.57. The van der Waals surface area contributed by atoms with E-state index in [-0.39, 0.29) is 11.5 Å². The van der Waals surface area contributed by atoms with Gasteiger partial charge in [-0.05, 0) is 100 Å². The Kier molecular flexibility index (Phi) is 7.66. The van der Waals surface area contributed by atoms with E-state index in [1.165, 1.54) is 11.0 Å². The molecule has 1 aliphatic heterocycles. The molecule has 3 heterocycles. The minimum Gasteiger partial charge on any atom is -0.322 e. The van der Waals surface area contributed by atoms with Crippen molar-refractivity contribution in [3.05, 3.63) is 103 Å². The molecule has 0 atom stereocenters. The van der Waals surface area contributed by atoms with Crippen LogP contribution in [0.5, 0.6) is 0 Å². The maximum atomic E-state index is 13.8. The Morgan fingerprint density at radius 1 is 1.00 bits per heavy atom. The Labute approximate surface area is 261 Å². The zero-order valence-electron chi connectivity index (χ0n) is 23.9. The summed E-state index contributed by atoms with van der Waals surface area (Å²) in [7, 11) is 0. The van der Waals surface area contributed by atoms with Crippen molar-refractivity contribution < 1.29 is 19.2 Å². The topological polar surface area (TPSA) is 101 Å². The van der Waals surface area contributed by atoms with Crippen LogP contribution in [0, 0.1) is 20.8 Å². The van der Waals surface area contributed by atoms with Crippen LogP contribution in [0.3, 0.4) is 0 Å². The van der Waals surface area contributed by atoms with Crippen LogP contribution in [0.25, 0.3) is 11.1 Å². The molecule has 0 radical (unpaired) electrons. The van der Waals surface area contributed by atoms with Crippen LogP contribution >= 0.6 is 27.3 Å². The first kappa shape index (κ1) is 28.8. The van der Waals surface area contributed by atoms with Gasteiger partial charge in [-0.1, -0.05) is 39.7 Å². The maximum Gasteiger partial charge on any atom is 0.335 e. The largest absolute Gasteiger partial charge is 0.335 e. The van der Waals surface area contributed by atoms with Crippen molar-refractivity contribution in [1.29, 1.82) is 0 Å². The van der Waals surface area contributed by atoms with Gasteiger partial charge in [-0.3, -0.25) is 19.7 Å². The van der Waals surface area contributed by atoms with E-state index >= 15 is 0 Å². The lowest BCUT2D eigenvalue weighted by atomic mass is 9.95. The number of anilines is 2. The number of carbonyl (C=O) groups is 4. The number of rotatable bonds is 5. The van der Waals surface area contributed by atoms with E-state index in [2.05, 4.69) is 26.6 Å². The van der Waals surface area contributed by atoms with Crippen LogP contribution in [-0.4, -0.2) is 28.3 Å². The molecule has 0 spiro atoms. The molecule has 4 aromatic rings. The fourth-order valence-electron chi connectivity index (χ4n) is 5.68. The molecule has 1 saturated heterocycles. The van der Waals surface area contributed by atoms with Gasteiger partial charge in [0.15, 0.2) is 0 Å². The summed E-state index contributed by atoms with van der Waals surface area (Å²) >= 11 is 4.99. The summed E-state index contributed by atoms with van der Waals surface area (Å²) in [6.07, 6.45) is 5.40. The zero-order chi connectivity index (χ0) is 30.4. The van der Waals surface area contributed by atoms with Crippen LogP contribution < -0.4 is 15.5 Å². The second kappa shape index (κ2) is 11.4. The van der Waals surface area contributed by atoms with Crippen LogP contribution in [0.2, 0.25) is 0 Å². The van der Waals surface area contributed by atoms with Crippen LogP contribution in [0.1, 0.15) is 56.2 Å². The summed E-state index contributed by atoms with van der Waals surface area (Å²) in [5, 5.41) is 6.20. The molecule has 10 heteroatoms. The normalized spacial score (nSPS) is 16.0. The number of imide groups is 2. The Morgan fingerprint density at radius 2 is 1.74 bits per heavy atom. The highest BCUT2D eigenvalue weighted by molar-refractivity contribution is 9.10. The molecule has 2 aliphatic rings. The van der Waals surface area contributed by atoms with Crippen molar-refractivity contribution in [3.63, 3.8) is 0 Å². The number of amides is 5. The van der Waals surface area contributed by atoms with Gasteiger partial charge in [0.2, 0.25) is 0 Å². The number of fused-ring (bicyclic) bond motifs is 1. The van der Waals surface area contributed by atoms with Gasteiger partial charge in [-0.2, -0.15) is 0 Å². The summed E-state index contributed by atoms with van der Waals surface area (Å²) in [6, 6.07) is 15.6. The molecule has 0 bridgehead atoms. The van der Waals surface area contributed by atoms with Gasteiger partial charge in [0, 0.05) is 26.4 Å². The van der Waals surface area contributed by atoms with Crippen molar-refractivity contribution in [3.8, 4) is 5.00 Å². The lowest BCUT2D eigenvalue weighted by molar-refractivity contribution is -0.122. The Bertz CT molecular complexity index is 1850. The minimum absolute atomic E-state index is 0.150. The zero-order valence-corrected chi connectivity index (χ0v) is 26.3. The number of nitrogens with zero attached hydrogens (tertiary/aromatic N) is 2. The third-order valence-electron chi connectivity index (χ3n) is 7.83. The lowest BCUT2D eigenvalue weighted by Crippen LogP contribution is -2.54. The van der Waals surface area contributed by atoms with Crippen LogP contribution in [-0.2, 0) is 22.4 Å². The van der Waals surface area contributed by atoms with E-state index in [1.54, 1.807) is 35.6 Å². The second-order valence-corrected chi connectivity index (χ2v) is 12.8. The van der Waals surface area contributed by atoms with Gasteiger partial charge in [0.25, 0.3) is 17.7 Å². The second-order valence-electron chi connectivity index (χ2n) is 10.8. The third kappa shape index (κ3) is 5.36. The number of hydrogen-bond acceptors (Lipinski definition) is 5. The fraction of sp³-hybridized carbons (Fsp3) is 0.212. The van der Waals surface area contributed by atoms with E-state index in [1.807, 2.05) is 55.7 Å². The first-order valence-electron chi connectivity index (χ1n) is 14.0. The Balaban J connectivity index is 1.41. The molecule has 0 saturated carbocycles. The van der Waals surface area contributed by atoms with Gasteiger partial charge < -0.3 is 9.88 Å². The number of aryl methyl sites for hydroxylation is 3. The average molecular weight is 658 g/mol. The summed E-state index contributed by atoms with van der Waals surface area (Å²) in [4.78, 5) is 55.1. The standard InChI is InChI=1S/C33H29BrN4O4S/c1-18-11-13-23(14-12-18)35-30(40)28-25-9-4-5-10-27(25)43-32(28)37-19(2)15-21(20(37)3)16-26-29(39)36-33(42)38(31(26)41)24-8-6-7-22(34)17-24/h6-8,11-17H,4-5,9-10H2,1-3H3,(H,35,40)(H,36,39,42)/b26-16+. The summed E-state index contributed by atoms with van der Waals surface area (Å²) in [5.41, 5.74) is 6.08. The molecule has 5 amide bonds. The Hall–Kier alpha value is -4.28. The third-order valence-corrected chi connectivity index (χ3v) is 9.60. The molecular weight excluding hydrogens is 628 g/mol. The number of aromatic nitrogens is 1. The summed E-state index contributed by atoms with van der Waals surface area (Å²) in [5.74, 6) is -1.62. The SMILES string of the molecule is Cc1ccc(NC(=O)c2c(-n3c(C)cc(/C=C4\C(=O)NC(=O)N(c5cccc(Br)c5)C4=O)c3C)sc3c2CCCC3)cc1. The number of nitrogens with one attached hydrogen (secondary N) is 2. The molecule has 1 aliphatic carbocycles. The van der Waals surface area contributed by atoms with Crippen molar-refractivity contribution >= 4 is 68.5 Å². The number of hydrogen-bond donors (Lipinski definition) is 2. The highest BCUT2D eigenvalue weighted by Gasteiger charge is 2.37. The number of carbonyl (C=O) groups excluding carboxylic acids is 4. The molecule has 2 aromatic carbocycles.